The number of carbonyl (C=O) groups is 1. The van der Waals surface area contributed by atoms with E-state index in [0.29, 0.717) is 6.42 Å². The maximum atomic E-state index is 10.6. The van der Waals surface area contributed by atoms with Crippen molar-refractivity contribution in [3.63, 3.8) is 0 Å². The highest BCUT2D eigenvalue weighted by molar-refractivity contribution is 8.01. The van der Waals surface area contributed by atoms with E-state index in [9.17, 15) is 4.79 Å². The van der Waals surface area contributed by atoms with Crippen molar-refractivity contribution in [2.75, 3.05) is 13.4 Å². The zero-order valence-electron chi connectivity index (χ0n) is 7.00. The summed E-state index contributed by atoms with van der Waals surface area (Å²) in [5, 5.41) is 2.03. The molecule has 0 atom stereocenters. The number of rotatable bonds is 5. The van der Waals surface area contributed by atoms with E-state index in [1.807, 2.05) is 11.7 Å². The van der Waals surface area contributed by atoms with E-state index >= 15 is 0 Å². The zero-order chi connectivity index (χ0) is 8.53. The molecule has 0 aliphatic heterocycles. The van der Waals surface area contributed by atoms with Crippen molar-refractivity contribution in [2.24, 2.45) is 0 Å². The SMILES string of the molecule is COC(=O)CCCC=CSC. The molecule has 0 rings (SSSR count). The van der Waals surface area contributed by atoms with Gasteiger partial charge in [-0.05, 0) is 24.5 Å². The lowest BCUT2D eigenvalue weighted by molar-refractivity contribution is -0.140. The molecule has 2 nitrogen and oxygen atoms in total. The first-order chi connectivity index (χ1) is 5.31. The van der Waals surface area contributed by atoms with Gasteiger partial charge in [-0.25, -0.2) is 0 Å². The predicted octanol–water partition coefficient (Wildman–Crippen LogP) is 2.21. The summed E-state index contributed by atoms with van der Waals surface area (Å²) in [6.45, 7) is 0. The summed E-state index contributed by atoms with van der Waals surface area (Å²) in [6.07, 6.45) is 6.43. The van der Waals surface area contributed by atoms with Gasteiger partial charge in [0.05, 0.1) is 7.11 Å². The summed E-state index contributed by atoms with van der Waals surface area (Å²) in [5.41, 5.74) is 0. The van der Waals surface area contributed by atoms with E-state index in [1.54, 1.807) is 11.8 Å². The maximum Gasteiger partial charge on any atom is 0.305 e. The highest BCUT2D eigenvalue weighted by Crippen LogP contribution is 2.01. The van der Waals surface area contributed by atoms with E-state index in [-0.39, 0.29) is 5.97 Å². The van der Waals surface area contributed by atoms with Crippen LogP contribution in [0.3, 0.4) is 0 Å². The number of methoxy groups -OCH3 is 1. The first-order valence-electron chi connectivity index (χ1n) is 3.56. The fourth-order valence-electron chi connectivity index (χ4n) is 0.631. The van der Waals surface area contributed by atoms with Crippen LogP contribution in [0.2, 0.25) is 0 Å². The van der Waals surface area contributed by atoms with Gasteiger partial charge < -0.3 is 4.74 Å². The largest absolute Gasteiger partial charge is 0.469 e. The lowest BCUT2D eigenvalue weighted by atomic mass is 10.2. The number of carbonyl (C=O) groups excluding carboxylic acids is 1. The fourth-order valence-corrected chi connectivity index (χ4v) is 0.959. The second kappa shape index (κ2) is 7.66. The second-order valence-electron chi connectivity index (χ2n) is 2.08. The Kier molecular flexibility index (Phi) is 7.36. The minimum Gasteiger partial charge on any atom is -0.469 e. The van der Waals surface area contributed by atoms with E-state index in [4.69, 9.17) is 0 Å². The molecule has 11 heavy (non-hydrogen) atoms. The molecule has 3 heteroatoms. The van der Waals surface area contributed by atoms with Gasteiger partial charge in [0.1, 0.15) is 0 Å². The van der Waals surface area contributed by atoms with E-state index in [0.717, 1.165) is 12.8 Å². The number of hydrogen-bond donors (Lipinski definition) is 0. The number of allylic oxidation sites excluding steroid dienone is 1. The van der Waals surface area contributed by atoms with Gasteiger partial charge >= 0.3 is 5.97 Å². The standard InChI is InChI=1S/C8H14O2S/c1-10-8(9)6-4-3-5-7-11-2/h5,7H,3-4,6H2,1-2H3. The molecule has 0 heterocycles. The fraction of sp³-hybridized carbons (Fsp3) is 0.625. The molecular weight excluding hydrogens is 160 g/mol. The van der Waals surface area contributed by atoms with Crippen molar-refractivity contribution in [1.29, 1.82) is 0 Å². The Balaban J connectivity index is 3.14. The average Bonchev–Trinajstić information content (AvgIpc) is 2.04. The Morgan fingerprint density at radius 3 is 2.91 bits per heavy atom. The molecule has 0 aromatic heterocycles. The van der Waals surface area contributed by atoms with Crippen molar-refractivity contribution in [2.45, 2.75) is 19.3 Å². The first-order valence-corrected chi connectivity index (χ1v) is 4.84. The number of ether oxygens (including phenoxy) is 1. The smallest absolute Gasteiger partial charge is 0.305 e. The van der Waals surface area contributed by atoms with Crippen LogP contribution < -0.4 is 0 Å². The van der Waals surface area contributed by atoms with Crippen LogP contribution in [0.4, 0.5) is 0 Å². The topological polar surface area (TPSA) is 26.3 Å². The number of hydrogen-bond acceptors (Lipinski definition) is 3. The minimum absolute atomic E-state index is 0.123. The van der Waals surface area contributed by atoms with E-state index in [2.05, 4.69) is 10.8 Å². The van der Waals surface area contributed by atoms with Gasteiger partial charge in [-0.2, -0.15) is 0 Å². The monoisotopic (exact) mass is 174 g/mol. The van der Waals surface area contributed by atoms with Gasteiger partial charge in [0, 0.05) is 6.42 Å². The second-order valence-corrected chi connectivity index (χ2v) is 2.82. The van der Waals surface area contributed by atoms with E-state index in [1.165, 1.54) is 7.11 Å². The molecule has 0 saturated heterocycles. The Hall–Kier alpha value is -0.440. The highest BCUT2D eigenvalue weighted by Gasteiger charge is 1.96. The lowest BCUT2D eigenvalue weighted by Gasteiger charge is -1.94. The minimum atomic E-state index is -0.123. The quantitative estimate of drug-likeness (QED) is 0.472. The van der Waals surface area contributed by atoms with Crippen LogP contribution in [-0.2, 0) is 9.53 Å². The van der Waals surface area contributed by atoms with Gasteiger partial charge in [0.2, 0.25) is 0 Å². The molecule has 0 saturated carbocycles. The third kappa shape index (κ3) is 7.46. The van der Waals surface area contributed by atoms with Crippen LogP contribution in [0.15, 0.2) is 11.5 Å². The summed E-state index contributed by atoms with van der Waals surface area (Å²) in [4.78, 5) is 10.6. The van der Waals surface area contributed by atoms with Crippen LogP contribution in [-0.4, -0.2) is 19.3 Å². The third-order valence-electron chi connectivity index (χ3n) is 1.21. The molecule has 0 fully saturated rings. The van der Waals surface area contributed by atoms with Gasteiger partial charge in [-0.3, -0.25) is 4.79 Å². The normalized spacial score (nSPS) is 10.4. The molecule has 0 N–H and O–H groups in total. The molecule has 0 unspecified atom stereocenters. The van der Waals surface area contributed by atoms with Crippen LogP contribution in [0.25, 0.3) is 0 Å². The molecule has 64 valence electrons. The molecule has 0 bridgehead atoms. The zero-order valence-corrected chi connectivity index (χ0v) is 7.82. The Bertz CT molecular complexity index is 132. The van der Waals surface area contributed by atoms with Gasteiger partial charge in [-0.15, -0.1) is 11.8 Å². The molecule has 0 radical (unpaired) electrons. The van der Waals surface area contributed by atoms with Crippen molar-refractivity contribution in [3.8, 4) is 0 Å². The van der Waals surface area contributed by atoms with Gasteiger partial charge in [0.15, 0.2) is 0 Å². The molecule has 0 spiro atoms. The Morgan fingerprint density at radius 1 is 1.64 bits per heavy atom. The van der Waals surface area contributed by atoms with Crippen LogP contribution >= 0.6 is 11.8 Å². The van der Waals surface area contributed by atoms with E-state index < -0.39 is 0 Å². The van der Waals surface area contributed by atoms with Crippen molar-refractivity contribution < 1.29 is 9.53 Å². The van der Waals surface area contributed by atoms with Gasteiger partial charge in [-0.1, -0.05) is 6.08 Å². The first kappa shape index (κ1) is 10.6. The molecule has 0 amide bonds. The van der Waals surface area contributed by atoms with Crippen LogP contribution in [0.1, 0.15) is 19.3 Å². The third-order valence-corrected chi connectivity index (χ3v) is 1.68. The Labute approximate surface area is 72.0 Å². The van der Waals surface area contributed by atoms with Crippen LogP contribution in [0, 0.1) is 0 Å². The number of esters is 1. The molecule has 0 aromatic rings. The predicted molar refractivity (Wildman–Crippen MR) is 48.5 cm³/mol. The summed E-state index contributed by atoms with van der Waals surface area (Å²) in [5.74, 6) is -0.123. The summed E-state index contributed by atoms with van der Waals surface area (Å²) >= 11 is 1.67. The summed E-state index contributed by atoms with van der Waals surface area (Å²) < 4.78 is 4.49. The number of unbranched alkanes of at least 4 members (excludes halogenated alkanes) is 1. The molecule has 0 aliphatic carbocycles. The lowest BCUT2D eigenvalue weighted by Crippen LogP contribution is -1.98. The Morgan fingerprint density at radius 2 is 2.36 bits per heavy atom. The maximum absolute atomic E-state index is 10.6. The summed E-state index contributed by atoms with van der Waals surface area (Å²) in [7, 11) is 1.42. The molecular formula is C8H14O2S. The van der Waals surface area contributed by atoms with Crippen molar-refractivity contribution in [1.82, 2.24) is 0 Å². The van der Waals surface area contributed by atoms with Crippen molar-refractivity contribution >= 4 is 17.7 Å². The average molecular weight is 174 g/mol. The molecule has 0 aliphatic rings. The van der Waals surface area contributed by atoms with Gasteiger partial charge in [0.25, 0.3) is 0 Å². The number of thioether (sulfide) groups is 1. The van der Waals surface area contributed by atoms with Crippen molar-refractivity contribution in [3.05, 3.63) is 11.5 Å². The summed E-state index contributed by atoms with van der Waals surface area (Å²) in [6, 6.07) is 0. The van der Waals surface area contributed by atoms with Crippen LogP contribution in [0.5, 0.6) is 0 Å². The highest BCUT2D eigenvalue weighted by atomic mass is 32.2. The molecule has 0 aromatic carbocycles.